The van der Waals surface area contributed by atoms with E-state index in [1.165, 1.54) is 0 Å². The molecule has 1 aliphatic rings. The lowest BCUT2D eigenvalue weighted by atomic mass is 10.2. The molecule has 0 saturated heterocycles. The quantitative estimate of drug-likeness (QED) is 0.570. The molecule has 0 aliphatic heterocycles. The predicted octanol–water partition coefficient (Wildman–Crippen LogP) is 3.13. The zero-order chi connectivity index (χ0) is 20.7. The van der Waals surface area contributed by atoms with Gasteiger partial charge in [0, 0.05) is 30.4 Å². The van der Waals surface area contributed by atoms with Crippen molar-refractivity contribution >= 4 is 28.3 Å². The van der Waals surface area contributed by atoms with Crippen LogP contribution in [0.2, 0.25) is 0 Å². The van der Waals surface area contributed by atoms with E-state index in [1.807, 2.05) is 14.0 Å². The van der Waals surface area contributed by atoms with Gasteiger partial charge in [-0.05, 0) is 33.6 Å². The van der Waals surface area contributed by atoms with Crippen LogP contribution in [0.25, 0.3) is 11.3 Å². The Kier molecular flexibility index (Phi) is 4.95. The van der Waals surface area contributed by atoms with E-state index < -0.39 is 5.97 Å². The summed E-state index contributed by atoms with van der Waals surface area (Å²) >= 11 is 1.16. The number of esters is 1. The van der Waals surface area contributed by atoms with Crippen LogP contribution in [0.15, 0.2) is 16.8 Å². The Morgan fingerprint density at radius 2 is 2.14 bits per heavy atom. The van der Waals surface area contributed by atoms with E-state index in [0.29, 0.717) is 21.4 Å². The second-order valence-electron chi connectivity index (χ2n) is 6.88. The summed E-state index contributed by atoms with van der Waals surface area (Å²) in [5.41, 5.74) is 2.83. The third-order valence-electron chi connectivity index (χ3n) is 4.82. The van der Waals surface area contributed by atoms with E-state index in [-0.39, 0.29) is 24.3 Å². The number of hydrogen-bond acceptors (Lipinski definition) is 8. The van der Waals surface area contributed by atoms with Crippen molar-refractivity contribution < 1.29 is 18.8 Å². The predicted molar refractivity (Wildman–Crippen MR) is 106 cm³/mol. The molecule has 9 nitrogen and oxygen atoms in total. The van der Waals surface area contributed by atoms with Crippen LogP contribution >= 0.6 is 11.3 Å². The molecule has 0 spiro atoms. The summed E-state index contributed by atoms with van der Waals surface area (Å²) in [5.74, 6) is -0.622. The molecule has 10 heteroatoms. The van der Waals surface area contributed by atoms with Gasteiger partial charge in [-0.1, -0.05) is 16.5 Å². The monoisotopic (exact) mass is 415 g/mol. The van der Waals surface area contributed by atoms with Crippen molar-refractivity contribution in [2.24, 2.45) is 7.05 Å². The molecule has 3 aromatic heterocycles. The number of aromatic nitrogens is 4. The second-order valence-corrected chi connectivity index (χ2v) is 7.86. The molecular formula is C19H21N5O4S. The minimum absolute atomic E-state index is 0.0387. The smallest absolute Gasteiger partial charge is 0.350 e. The summed E-state index contributed by atoms with van der Waals surface area (Å²) in [6.45, 7) is 5.69. The van der Waals surface area contributed by atoms with Crippen LogP contribution in [0.4, 0.5) is 5.13 Å². The summed E-state index contributed by atoms with van der Waals surface area (Å²) < 4.78 is 12.2. The van der Waals surface area contributed by atoms with E-state index in [4.69, 9.17) is 9.26 Å². The number of amides is 1. The number of aryl methyl sites for hydroxylation is 2. The van der Waals surface area contributed by atoms with Crippen molar-refractivity contribution in [3.8, 4) is 11.3 Å². The van der Waals surface area contributed by atoms with Gasteiger partial charge in [0.2, 0.25) is 5.76 Å². The molecule has 0 bridgehead atoms. The van der Waals surface area contributed by atoms with Crippen LogP contribution in [0.1, 0.15) is 51.4 Å². The Balaban J connectivity index is 1.64. The number of anilines is 1. The van der Waals surface area contributed by atoms with Crippen LogP contribution in [0.5, 0.6) is 0 Å². The third kappa shape index (κ3) is 3.55. The average molecular weight is 415 g/mol. The number of hydrogen-bond donors (Lipinski definition) is 0. The van der Waals surface area contributed by atoms with Crippen molar-refractivity contribution in [1.82, 2.24) is 19.9 Å². The van der Waals surface area contributed by atoms with Crippen LogP contribution in [0, 0.1) is 13.8 Å². The summed E-state index contributed by atoms with van der Waals surface area (Å²) in [6.07, 6.45) is 3.44. The van der Waals surface area contributed by atoms with Crippen molar-refractivity contribution in [2.75, 3.05) is 11.5 Å². The molecule has 0 aromatic carbocycles. The first kappa shape index (κ1) is 19.3. The normalized spacial score (nSPS) is 13.5. The minimum Gasteiger partial charge on any atom is -0.462 e. The van der Waals surface area contributed by atoms with E-state index in [2.05, 4.69) is 15.2 Å². The van der Waals surface area contributed by atoms with Gasteiger partial charge >= 0.3 is 5.97 Å². The fourth-order valence-corrected chi connectivity index (χ4v) is 4.02. The molecule has 152 valence electrons. The van der Waals surface area contributed by atoms with Gasteiger partial charge in [0.15, 0.2) is 5.13 Å². The fraction of sp³-hybridized carbons (Fsp3) is 0.421. The fourth-order valence-electron chi connectivity index (χ4n) is 2.98. The molecule has 1 aliphatic carbocycles. The van der Waals surface area contributed by atoms with Gasteiger partial charge in [-0.25, -0.2) is 9.78 Å². The van der Waals surface area contributed by atoms with Gasteiger partial charge in [0.05, 0.1) is 18.5 Å². The standard InChI is InChI=1S/C19H21N5O4S/c1-5-27-18(26)16-10(2)21-19(29-16)24(12-6-7-12)17(25)15-8-14(22-28-15)13-9-20-23(4)11(13)3/h8-9,12H,5-7H2,1-4H3. The number of carbonyl (C=O) groups is 2. The van der Waals surface area contributed by atoms with Crippen LogP contribution in [-0.2, 0) is 11.8 Å². The van der Waals surface area contributed by atoms with Crippen molar-refractivity contribution in [2.45, 2.75) is 39.7 Å². The Bertz CT molecular complexity index is 1080. The Hall–Kier alpha value is -3.01. The average Bonchev–Trinajstić information content (AvgIpc) is 3.10. The van der Waals surface area contributed by atoms with Crippen molar-refractivity contribution in [3.63, 3.8) is 0 Å². The summed E-state index contributed by atoms with van der Waals surface area (Å²) in [5, 5.41) is 8.71. The van der Waals surface area contributed by atoms with E-state index in [9.17, 15) is 9.59 Å². The summed E-state index contributed by atoms with van der Waals surface area (Å²) in [6, 6.07) is 1.66. The van der Waals surface area contributed by atoms with E-state index in [0.717, 1.165) is 35.4 Å². The Labute approximate surface area is 171 Å². The first-order chi connectivity index (χ1) is 13.9. The molecule has 29 heavy (non-hydrogen) atoms. The van der Waals surface area contributed by atoms with Gasteiger partial charge in [-0.15, -0.1) is 0 Å². The van der Waals surface area contributed by atoms with Crippen LogP contribution in [0.3, 0.4) is 0 Å². The van der Waals surface area contributed by atoms with Gasteiger partial charge in [-0.3, -0.25) is 14.4 Å². The minimum atomic E-state index is -0.425. The summed E-state index contributed by atoms with van der Waals surface area (Å²) in [7, 11) is 1.84. The first-order valence-corrected chi connectivity index (χ1v) is 10.2. The number of nitrogens with zero attached hydrogens (tertiary/aromatic N) is 5. The first-order valence-electron chi connectivity index (χ1n) is 9.34. The highest BCUT2D eigenvalue weighted by atomic mass is 32.1. The zero-order valence-corrected chi connectivity index (χ0v) is 17.4. The third-order valence-corrected chi connectivity index (χ3v) is 5.95. The largest absolute Gasteiger partial charge is 0.462 e. The number of ether oxygens (including phenoxy) is 1. The maximum atomic E-state index is 13.2. The molecule has 1 saturated carbocycles. The maximum Gasteiger partial charge on any atom is 0.350 e. The highest BCUT2D eigenvalue weighted by molar-refractivity contribution is 7.17. The van der Waals surface area contributed by atoms with Gasteiger partial charge in [0.25, 0.3) is 5.91 Å². The van der Waals surface area contributed by atoms with E-state index in [1.54, 1.807) is 35.7 Å². The van der Waals surface area contributed by atoms with Crippen LogP contribution < -0.4 is 4.90 Å². The van der Waals surface area contributed by atoms with E-state index >= 15 is 0 Å². The van der Waals surface area contributed by atoms with Crippen LogP contribution in [-0.4, -0.2) is 44.4 Å². The van der Waals surface area contributed by atoms with Crippen molar-refractivity contribution in [1.29, 1.82) is 0 Å². The number of rotatable bonds is 6. The highest BCUT2D eigenvalue weighted by Crippen LogP contribution is 2.37. The lowest BCUT2D eigenvalue weighted by Crippen LogP contribution is -2.32. The molecular weight excluding hydrogens is 394 g/mol. The molecule has 3 heterocycles. The lowest BCUT2D eigenvalue weighted by molar-refractivity contribution is 0.0531. The Morgan fingerprint density at radius 1 is 1.38 bits per heavy atom. The SMILES string of the molecule is CCOC(=O)c1sc(N(C(=O)c2cc(-c3cnn(C)c3C)no2)C2CC2)nc1C. The van der Waals surface area contributed by atoms with Gasteiger partial charge < -0.3 is 9.26 Å². The Morgan fingerprint density at radius 3 is 2.76 bits per heavy atom. The molecule has 3 aromatic rings. The highest BCUT2D eigenvalue weighted by Gasteiger charge is 2.38. The maximum absolute atomic E-state index is 13.2. The second kappa shape index (κ2) is 7.43. The topological polar surface area (TPSA) is 103 Å². The molecule has 1 amide bonds. The molecule has 0 radical (unpaired) electrons. The molecule has 0 atom stereocenters. The van der Waals surface area contributed by atoms with Gasteiger partial charge in [0.1, 0.15) is 10.6 Å². The van der Waals surface area contributed by atoms with Crippen molar-refractivity contribution in [3.05, 3.63) is 34.3 Å². The molecule has 0 N–H and O–H groups in total. The molecule has 4 rings (SSSR count). The van der Waals surface area contributed by atoms with Gasteiger partial charge in [-0.2, -0.15) is 5.10 Å². The lowest BCUT2D eigenvalue weighted by Gasteiger charge is -2.17. The molecule has 0 unspecified atom stereocenters. The number of thiazole rings is 1. The summed E-state index contributed by atoms with van der Waals surface area (Å²) in [4.78, 5) is 31.8. The zero-order valence-electron chi connectivity index (χ0n) is 16.6. The number of carbonyl (C=O) groups excluding carboxylic acids is 2. The molecule has 1 fully saturated rings.